The zero-order chi connectivity index (χ0) is 24.7. The maximum absolute atomic E-state index is 13.3. The number of methoxy groups -OCH3 is 1. The Kier molecular flexibility index (Phi) is 6.29. The lowest BCUT2D eigenvalue weighted by atomic mass is 9.78. The smallest absolute Gasteiger partial charge is 0.411 e. The van der Waals surface area contributed by atoms with Gasteiger partial charge in [-0.25, -0.2) is 4.79 Å². The molecule has 0 saturated carbocycles. The number of anilines is 1. The Morgan fingerprint density at radius 3 is 2.15 bits per heavy atom. The van der Waals surface area contributed by atoms with Crippen molar-refractivity contribution in [3.63, 3.8) is 0 Å². The van der Waals surface area contributed by atoms with E-state index in [1.165, 1.54) is 7.11 Å². The van der Waals surface area contributed by atoms with E-state index >= 15 is 0 Å². The van der Waals surface area contributed by atoms with Crippen molar-refractivity contribution in [2.45, 2.75) is 58.9 Å². The van der Waals surface area contributed by atoms with E-state index in [-0.39, 0.29) is 34.7 Å². The number of phenols is 1. The molecule has 0 atom stereocenters. The van der Waals surface area contributed by atoms with Crippen LogP contribution < -0.4 is 5.32 Å². The molecule has 1 aliphatic heterocycles. The normalized spacial score (nSPS) is 13.7. The first-order valence-electron chi connectivity index (χ1n) is 11.0. The molecule has 0 aromatic heterocycles. The van der Waals surface area contributed by atoms with E-state index in [1.54, 1.807) is 35.2 Å². The number of fused-ring (bicyclic) bond motifs is 1. The SMILES string of the molecule is COC(=O)Nc1ccc2c(c1)CN(CC(=O)c1cc(C(C)(C)C)c(O)c(C(C)(C)C)c1)C2=N. The zero-order valence-corrected chi connectivity index (χ0v) is 20.4. The average molecular weight is 452 g/mol. The monoisotopic (exact) mass is 451 g/mol. The zero-order valence-electron chi connectivity index (χ0n) is 20.4. The van der Waals surface area contributed by atoms with Crippen LogP contribution in [0.3, 0.4) is 0 Å². The highest BCUT2D eigenvalue weighted by molar-refractivity contribution is 6.05. The highest BCUT2D eigenvalue weighted by atomic mass is 16.5. The second-order valence-electron chi connectivity index (χ2n) is 10.5. The number of aromatic hydroxyl groups is 1. The molecule has 2 aromatic carbocycles. The summed E-state index contributed by atoms with van der Waals surface area (Å²) >= 11 is 0. The van der Waals surface area contributed by atoms with Gasteiger partial charge in [0.2, 0.25) is 0 Å². The van der Waals surface area contributed by atoms with Crippen LogP contribution in [0, 0.1) is 5.41 Å². The number of Topliss-reactive ketones (excluding diaryl/α,β-unsaturated/α-hetero) is 1. The second kappa shape index (κ2) is 8.54. The van der Waals surface area contributed by atoms with Crippen molar-refractivity contribution in [2.24, 2.45) is 0 Å². The molecule has 1 amide bonds. The van der Waals surface area contributed by atoms with Gasteiger partial charge in [0.05, 0.1) is 13.7 Å². The molecule has 0 bridgehead atoms. The van der Waals surface area contributed by atoms with Crippen LogP contribution in [0.2, 0.25) is 0 Å². The molecular formula is C26H33N3O4. The summed E-state index contributed by atoms with van der Waals surface area (Å²) < 4.78 is 4.63. The second-order valence-corrected chi connectivity index (χ2v) is 10.5. The largest absolute Gasteiger partial charge is 0.507 e. The molecule has 3 rings (SSSR count). The number of nitrogens with one attached hydrogen (secondary N) is 2. The molecule has 0 radical (unpaired) electrons. The van der Waals surface area contributed by atoms with E-state index in [1.807, 2.05) is 41.5 Å². The van der Waals surface area contributed by atoms with Gasteiger partial charge in [0, 0.05) is 34.5 Å². The summed E-state index contributed by atoms with van der Waals surface area (Å²) in [5.41, 5.74) is 3.49. The van der Waals surface area contributed by atoms with Gasteiger partial charge < -0.3 is 14.7 Å². The molecule has 7 heteroatoms. The van der Waals surface area contributed by atoms with Crippen molar-refractivity contribution in [2.75, 3.05) is 19.0 Å². The number of amidine groups is 1. The van der Waals surface area contributed by atoms with Gasteiger partial charge in [-0.2, -0.15) is 0 Å². The van der Waals surface area contributed by atoms with Gasteiger partial charge >= 0.3 is 6.09 Å². The van der Waals surface area contributed by atoms with Crippen molar-refractivity contribution in [3.8, 4) is 5.75 Å². The molecular weight excluding hydrogens is 418 g/mol. The summed E-state index contributed by atoms with van der Waals surface area (Å²) in [5, 5.41) is 22.1. The standard InChI is InChI=1S/C26H33N3O4/c1-25(2,3)19-11-15(12-20(22(19)31)26(4,5)6)21(30)14-29-13-16-10-17(28-24(32)33-7)8-9-18(16)23(29)27/h8-12,27,31H,13-14H2,1-7H3,(H,28,32). The molecule has 7 nitrogen and oxygen atoms in total. The van der Waals surface area contributed by atoms with Gasteiger partial charge in [0.1, 0.15) is 11.6 Å². The fourth-order valence-electron chi connectivity index (χ4n) is 4.00. The van der Waals surface area contributed by atoms with Crippen LogP contribution in [-0.2, 0) is 22.1 Å². The lowest BCUT2D eigenvalue weighted by molar-refractivity contribution is 0.0962. The number of benzene rings is 2. The summed E-state index contributed by atoms with van der Waals surface area (Å²) in [6.45, 7) is 12.5. The minimum atomic E-state index is -0.563. The fraction of sp³-hybridized carbons (Fsp3) is 0.423. The van der Waals surface area contributed by atoms with Crippen molar-refractivity contribution in [1.82, 2.24) is 4.90 Å². The third-order valence-corrected chi connectivity index (χ3v) is 5.85. The summed E-state index contributed by atoms with van der Waals surface area (Å²) in [5.74, 6) is 0.392. The van der Waals surface area contributed by atoms with Crippen LogP contribution in [0.4, 0.5) is 10.5 Å². The van der Waals surface area contributed by atoms with Gasteiger partial charge in [-0.1, -0.05) is 41.5 Å². The predicted octanol–water partition coefficient (Wildman–Crippen LogP) is 5.19. The summed E-state index contributed by atoms with van der Waals surface area (Å²) in [4.78, 5) is 26.5. The topological polar surface area (TPSA) is 103 Å². The quantitative estimate of drug-likeness (QED) is 0.555. The molecule has 1 aliphatic rings. The first-order valence-corrected chi connectivity index (χ1v) is 11.0. The minimum Gasteiger partial charge on any atom is -0.507 e. The van der Waals surface area contributed by atoms with E-state index in [0.717, 1.165) is 22.3 Å². The lowest BCUT2D eigenvalue weighted by Crippen LogP contribution is -2.30. The number of ketones is 1. The Bertz CT molecular complexity index is 1090. The molecule has 176 valence electrons. The maximum atomic E-state index is 13.3. The van der Waals surface area contributed by atoms with Crippen molar-refractivity contribution < 1.29 is 19.4 Å². The van der Waals surface area contributed by atoms with E-state index < -0.39 is 6.09 Å². The van der Waals surface area contributed by atoms with Crippen molar-refractivity contribution in [3.05, 3.63) is 58.1 Å². The molecule has 2 aromatic rings. The Morgan fingerprint density at radius 2 is 1.64 bits per heavy atom. The highest BCUT2D eigenvalue weighted by Crippen LogP contribution is 2.40. The van der Waals surface area contributed by atoms with Crippen molar-refractivity contribution >= 4 is 23.4 Å². The molecule has 0 unspecified atom stereocenters. The molecule has 33 heavy (non-hydrogen) atoms. The Labute approximate surface area is 195 Å². The van der Waals surface area contributed by atoms with Gasteiger partial charge in [-0.3, -0.25) is 15.5 Å². The maximum Gasteiger partial charge on any atom is 0.411 e. The van der Waals surface area contributed by atoms with Crippen molar-refractivity contribution in [1.29, 1.82) is 5.41 Å². The van der Waals surface area contributed by atoms with E-state index in [9.17, 15) is 14.7 Å². The Hall–Kier alpha value is -3.35. The summed E-state index contributed by atoms with van der Waals surface area (Å²) in [6, 6.07) is 8.82. The third-order valence-electron chi connectivity index (χ3n) is 5.85. The lowest BCUT2D eigenvalue weighted by Gasteiger charge is -2.28. The van der Waals surface area contributed by atoms with Crippen LogP contribution in [0.1, 0.15) is 74.2 Å². The number of hydrogen-bond donors (Lipinski definition) is 3. The number of nitrogens with zero attached hydrogens (tertiary/aromatic N) is 1. The number of amides is 1. The third kappa shape index (κ3) is 5.02. The number of hydrogen-bond acceptors (Lipinski definition) is 5. The number of ether oxygens (including phenoxy) is 1. The van der Waals surface area contributed by atoms with Crippen LogP contribution in [0.15, 0.2) is 30.3 Å². The van der Waals surface area contributed by atoms with E-state index in [2.05, 4.69) is 10.1 Å². The number of rotatable bonds is 4. The highest BCUT2D eigenvalue weighted by Gasteiger charge is 2.30. The Balaban J connectivity index is 1.88. The summed E-state index contributed by atoms with van der Waals surface area (Å²) in [6.07, 6.45) is -0.563. The van der Waals surface area contributed by atoms with E-state index in [4.69, 9.17) is 5.41 Å². The van der Waals surface area contributed by atoms with Gasteiger partial charge in [0.25, 0.3) is 0 Å². The van der Waals surface area contributed by atoms with Crippen LogP contribution in [0.25, 0.3) is 0 Å². The minimum absolute atomic E-state index is 0.0468. The predicted molar refractivity (Wildman–Crippen MR) is 130 cm³/mol. The molecule has 1 heterocycles. The molecule has 0 aliphatic carbocycles. The van der Waals surface area contributed by atoms with Gasteiger partial charge in [0.15, 0.2) is 5.78 Å². The summed E-state index contributed by atoms with van der Waals surface area (Å²) in [7, 11) is 1.30. The fourth-order valence-corrected chi connectivity index (χ4v) is 4.00. The van der Waals surface area contributed by atoms with E-state index in [0.29, 0.717) is 17.8 Å². The number of carbonyl (C=O) groups is 2. The van der Waals surface area contributed by atoms with Gasteiger partial charge in [-0.05, 0) is 46.7 Å². The van der Waals surface area contributed by atoms with Gasteiger partial charge in [-0.15, -0.1) is 0 Å². The first kappa shape index (κ1) is 24.3. The molecule has 0 saturated heterocycles. The van der Waals surface area contributed by atoms with Crippen LogP contribution in [0.5, 0.6) is 5.75 Å². The molecule has 0 fully saturated rings. The number of carbonyl (C=O) groups excluding carboxylic acids is 2. The first-order chi connectivity index (χ1) is 15.2. The van der Waals surface area contributed by atoms with Crippen LogP contribution in [-0.4, -0.2) is 41.4 Å². The average Bonchev–Trinajstić information content (AvgIpc) is 3.00. The Morgan fingerprint density at radius 1 is 1.06 bits per heavy atom. The molecule has 3 N–H and O–H groups in total. The van der Waals surface area contributed by atoms with Crippen LogP contribution >= 0.6 is 0 Å². The number of phenolic OH excluding ortho intramolecular Hbond substituents is 1. The molecule has 0 spiro atoms.